The number of aliphatic hydroxyl groups excluding tert-OH is 3. The number of ether oxygens (including phenoxy) is 1. The summed E-state index contributed by atoms with van der Waals surface area (Å²) in [6, 6.07) is -0.581. The average Bonchev–Trinajstić information content (AvgIpc) is 2.55. The summed E-state index contributed by atoms with van der Waals surface area (Å²) in [5, 5.41) is 33.0. The second-order valence-electron chi connectivity index (χ2n) is 7.13. The Hall–Kier alpha value is -0.600. The molecular formula is C17H29F2NO4. The Morgan fingerprint density at radius 1 is 1.17 bits per heavy atom. The maximum absolute atomic E-state index is 12.2. The molecule has 1 saturated carbocycles. The molecule has 0 unspecified atom stereocenters. The molecule has 0 aromatic rings. The molecule has 0 bridgehead atoms. The second kappa shape index (κ2) is 9.20. The maximum Gasteiger partial charge on any atom is 0.345 e. The fraction of sp³-hybridized carbons (Fsp3) is 0.882. The molecule has 1 fully saturated rings. The highest BCUT2D eigenvalue weighted by molar-refractivity contribution is 5.21. The van der Waals surface area contributed by atoms with E-state index in [4.69, 9.17) is 0 Å². The maximum atomic E-state index is 12.2. The molecule has 0 aromatic heterocycles. The third kappa shape index (κ3) is 5.46. The number of rotatable bonds is 7. The summed E-state index contributed by atoms with van der Waals surface area (Å²) in [6.07, 6.45) is 3.39. The number of aliphatic hydroxyl groups is 3. The number of hydrogen-bond donors (Lipinski definition) is 4. The zero-order valence-corrected chi connectivity index (χ0v) is 14.1. The van der Waals surface area contributed by atoms with Crippen LogP contribution in [0.2, 0.25) is 0 Å². The molecule has 7 heteroatoms. The second-order valence-corrected chi connectivity index (χ2v) is 7.13. The van der Waals surface area contributed by atoms with E-state index in [2.05, 4.69) is 17.0 Å². The molecule has 2 aliphatic carbocycles. The van der Waals surface area contributed by atoms with Crippen LogP contribution in [0.1, 0.15) is 39.0 Å². The van der Waals surface area contributed by atoms with Gasteiger partial charge >= 0.3 is 6.61 Å². The van der Waals surface area contributed by atoms with Crippen molar-refractivity contribution in [3.8, 4) is 0 Å². The first-order valence-corrected chi connectivity index (χ1v) is 8.76. The molecule has 2 aliphatic rings. The van der Waals surface area contributed by atoms with E-state index in [1.807, 2.05) is 0 Å². The van der Waals surface area contributed by atoms with Crippen molar-refractivity contribution in [1.82, 2.24) is 5.32 Å². The van der Waals surface area contributed by atoms with Gasteiger partial charge in [0.25, 0.3) is 0 Å². The number of halogens is 2. The van der Waals surface area contributed by atoms with Crippen LogP contribution in [-0.2, 0) is 4.74 Å². The highest BCUT2D eigenvalue weighted by Crippen LogP contribution is 2.30. The molecule has 0 saturated heterocycles. The molecule has 0 spiro atoms. The summed E-state index contributed by atoms with van der Waals surface area (Å²) < 4.78 is 28.5. The Labute approximate surface area is 141 Å². The summed E-state index contributed by atoms with van der Waals surface area (Å²) in [5.74, 6) is 1.46. The van der Waals surface area contributed by atoms with Crippen LogP contribution >= 0.6 is 0 Å². The van der Waals surface area contributed by atoms with Gasteiger partial charge in [-0.25, -0.2) is 0 Å². The first-order chi connectivity index (χ1) is 11.4. The number of alkyl halides is 2. The Morgan fingerprint density at radius 3 is 2.46 bits per heavy atom. The molecule has 0 radical (unpaired) electrons. The van der Waals surface area contributed by atoms with Gasteiger partial charge in [0, 0.05) is 0 Å². The van der Waals surface area contributed by atoms with Crippen LogP contribution in [0.3, 0.4) is 0 Å². The third-order valence-electron chi connectivity index (χ3n) is 5.26. The molecular weight excluding hydrogens is 320 g/mol. The standard InChI is InChI=1S/C17H29F2NO4/c1-10-2-4-11(5-3-10)6-7-20-13-8-12(9-24-17(18)19)14(21)16(23)15(13)22/h8,10-11,13-17,20-23H,2-7,9H2,1H3/t10?,11?,13-,14+,15+,16+/m1/s1. The van der Waals surface area contributed by atoms with Gasteiger partial charge in [0.1, 0.15) is 18.3 Å². The lowest BCUT2D eigenvalue weighted by Crippen LogP contribution is -2.54. The molecule has 4 N–H and O–H groups in total. The number of hydrogen-bond acceptors (Lipinski definition) is 5. The van der Waals surface area contributed by atoms with E-state index in [-0.39, 0.29) is 5.57 Å². The van der Waals surface area contributed by atoms with Crippen molar-refractivity contribution in [2.45, 2.75) is 70.0 Å². The van der Waals surface area contributed by atoms with E-state index >= 15 is 0 Å². The van der Waals surface area contributed by atoms with Crippen LogP contribution in [0.5, 0.6) is 0 Å². The van der Waals surface area contributed by atoms with Crippen LogP contribution in [0.4, 0.5) is 8.78 Å². The van der Waals surface area contributed by atoms with Crippen LogP contribution < -0.4 is 5.32 Å². The minimum absolute atomic E-state index is 0.164. The largest absolute Gasteiger partial charge is 0.388 e. The van der Waals surface area contributed by atoms with E-state index < -0.39 is 37.6 Å². The zero-order valence-electron chi connectivity index (χ0n) is 14.1. The zero-order chi connectivity index (χ0) is 17.7. The smallest absolute Gasteiger partial charge is 0.345 e. The first kappa shape index (κ1) is 19.7. The molecule has 5 nitrogen and oxygen atoms in total. The quantitative estimate of drug-likeness (QED) is 0.523. The molecule has 0 aromatic carbocycles. The average molecular weight is 349 g/mol. The molecule has 4 atom stereocenters. The van der Waals surface area contributed by atoms with Crippen LogP contribution in [0, 0.1) is 11.8 Å². The van der Waals surface area contributed by atoms with Crippen molar-refractivity contribution in [2.75, 3.05) is 13.2 Å². The SMILES string of the molecule is CC1CCC(CCN[C@@H]2C=C(COC(F)F)[C@H](O)[C@H](O)[C@H]2O)CC1. The third-order valence-corrected chi connectivity index (χ3v) is 5.26. The Kier molecular flexibility index (Phi) is 7.56. The van der Waals surface area contributed by atoms with Gasteiger partial charge in [0.15, 0.2) is 0 Å². The molecule has 0 aliphatic heterocycles. The highest BCUT2D eigenvalue weighted by Gasteiger charge is 2.37. The van der Waals surface area contributed by atoms with E-state index in [0.29, 0.717) is 12.5 Å². The predicted octanol–water partition coefficient (Wildman–Crippen LogP) is 1.42. The Balaban J connectivity index is 1.84. The predicted molar refractivity (Wildman–Crippen MR) is 85.6 cm³/mol. The van der Waals surface area contributed by atoms with E-state index in [9.17, 15) is 24.1 Å². The normalized spacial score (nSPS) is 37.5. The van der Waals surface area contributed by atoms with Gasteiger partial charge < -0.3 is 25.4 Å². The van der Waals surface area contributed by atoms with Crippen molar-refractivity contribution in [1.29, 1.82) is 0 Å². The van der Waals surface area contributed by atoms with Crippen LogP contribution in [0.15, 0.2) is 11.6 Å². The van der Waals surface area contributed by atoms with E-state index in [1.54, 1.807) is 0 Å². The molecule has 24 heavy (non-hydrogen) atoms. The Morgan fingerprint density at radius 2 is 1.83 bits per heavy atom. The van der Waals surface area contributed by atoms with Crippen LogP contribution in [-0.4, -0.2) is 59.4 Å². The van der Waals surface area contributed by atoms with Crippen molar-refractivity contribution in [3.63, 3.8) is 0 Å². The van der Waals surface area contributed by atoms with E-state index in [0.717, 1.165) is 12.3 Å². The van der Waals surface area contributed by atoms with Crippen molar-refractivity contribution in [2.24, 2.45) is 11.8 Å². The summed E-state index contributed by atoms with van der Waals surface area (Å²) in [7, 11) is 0. The Bertz CT molecular complexity index is 413. The molecule has 0 amide bonds. The first-order valence-electron chi connectivity index (χ1n) is 8.76. The van der Waals surface area contributed by atoms with Gasteiger partial charge in [-0.2, -0.15) is 8.78 Å². The van der Waals surface area contributed by atoms with Gasteiger partial charge in [-0.15, -0.1) is 0 Å². The fourth-order valence-electron chi connectivity index (χ4n) is 3.59. The fourth-order valence-corrected chi connectivity index (χ4v) is 3.59. The molecule has 0 heterocycles. The molecule has 140 valence electrons. The molecule has 2 rings (SSSR count). The van der Waals surface area contributed by atoms with Crippen molar-refractivity contribution < 1.29 is 28.8 Å². The lowest BCUT2D eigenvalue weighted by Gasteiger charge is -2.35. The lowest BCUT2D eigenvalue weighted by atomic mass is 9.81. The monoisotopic (exact) mass is 349 g/mol. The van der Waals surface area contributed by atoms with Crippen LogP contribution in [0.25, 0.3) is 0 Å². The van der Waals surface area contributed by atoms with Crippen molar-refractivity contribution in [3.05, 3.63) is 11.6 Å². The van der Waals surface area contributed by atoms with E-state index in [1.165, 1.54) is 31.8 Å². The highest BCUT2D eigenvalue weighted by atomic mass is 19.3. The minimum atomic E-state index is -2.94. The van der Waals surface area contributed by atoms with Gasteiger partial charge in [0.2, 0.25) is 0 Å². The summed E-state index contributed by atoms with van der Waals surface area (Å²) >= 11 is 0. The minimum Gasteiger partial charge on any atom is -0.388 e. The van der Waals surface area contributed by atoms with Gasteiger partial charge in [-0.05, 0) is 30.4 Å². The van der Waals surface area contributed by atoms with Gasteiger partial charge in [-0.1, -0.05) is 38.7 Å². The summed E-state index contributed by atoms with van der Waals surface area (Å²) in [4.78, 5) is 0. The lowest BCUT2D eigenvalue weighted by molar-refractivity contribution is -0.129. The number of nitrogens with one attached hydrogen (secondary N) is 1. The van der Waals surface area contributed by atoms with Gasteiger partial charge in [0.05, 0.1) is 12.6 Å². The van der Waals surface area contributed by atoms with Gasteiger partial charge in [-0.3, -0.25) is 0 Å². The van der Waals surface area contributed by atoms with Crippen molar-refractivity contribution >= 4 is 0 Å². The summed E-state index contributed by atoms with van der Waals surface area (Å²) in [6.45, 7) is -0.472. The summed E-state index contributed by atoms with van der Waals surface area (Å²) in [5.41, 5.74) is 0.164. The topological polar surface area (TPSA) is 82.0 Å².